The highest BCUT2D eigenvalue weighted by atomic mass is 16.5. The van der Waals surface area contributed by atoms with Crippen LogP contribution in [-0.4, -0.2) is 36.6 Å². The van der Waals surface area contributed by atoms with Crippen LogP contribution < -0.4 is 0 Å². The van der Waals surface area contributed by atoms with Crippen LogP contribution in [-0.2, 0) is 9.53 Å². The Labute approximate surface area is 86.4 Å². The lowest BCUT2D eigenvalue weighted by molar-refractivity contribution is -0.143. The molecule has 0 radical (unpaired) electrons. The smallest absolute Gasteiger partial charge is 0.319 e. The molecule has 1 aliphatic rings. The van der Waals surface area contributed by atoms with Gasteiger partial charge in [0.1, 0.15) is 0 Å². The number of hydrogen-bond donors (Lipinski definition) is 0. The normalized spacial score (nSPS) is 18.1. The third-order valence-electron chi connectivity index (χ3n) is 3.00. The minimum Gasteiger partial charge on any atom is -0.468 e. The standard InChI is InChI=1S/C11H21NO2/c1-9(2)12(8-11(13)14-3)10-6-4-5-7-10/h9-10H,4-8H2,1-3H3. The summed E-state index contributed by atoms with van der Waals surface area (Å²) in [5, 5.41) is 0. The van der Waals surface area contributed by atoms with Crippen LogP contribution in [0.25, 0.3) is 0 Å². The number of carbonyl (C=O) groups excluding carboxylic acids is 1. The van der Waals surface area contributed by atoms with E-state index in [1.54, 1.807) is 0 Å². The van der Waals surface area contributed by atoms with Gasteiger partial charge in [-0.3, -0.25) is 9.69 Å². The van der Waals surface area contributed by atoms with E-state index in [0.717, 1.165) is 0 Å². The van der Waals surface area contributed by atoms with E-state index in [2.05, 4.69) is 18.7 Å². The average Bonchev–Trinajstić information content (AvgIpc) is 2.65. The molecule has 0 aromatic rings. The molecule has 0 N–H and O–H groups in total. The Hall–Kier alpha value is -0.570. The Morgan fingerprint density at radius 2 is 2.00 bits per heavy atom. The fourth-order valence-electron chi connectivity index (χ4n) is 2.18. The molecule has 1 rings (SSSR count). The maximum atomic E-state index is 11.2. The molecule has 1 fully saturated rings. The highest BCUT2D eigenvalue weighted by Crippen LogP contribution is 2.24. The second kappa shape index (κ2) is 5.35. The van der Waals surface area contributed by atoms with Gasteiger partial charge < -0.3 is 4.74 Å². The zero-order valence-corrected chi connectivity index (χ0v) is 9.45. The lowest BCUT2D eigenvalue weighted by Gasteiger charge is -2.31. The van der Waals surface area contributed by atoms with Gasteiger partial charge in [0.15, 0.2) is 0 Å². The summed E-state index contributed by atoms with van der Waals surface area (Å²) in [6.45, 7) is 4.72. The number of methoxy groups -OCH3 is 1. The second-order valence-electron chi connectivity index (χ2n) is 4.28. The quantitative estimate of drug-likeness (QED) is 0.647. The summed E-state index contributed by atoms with van der Waals surface area (Å²) >= 11 is 0. The van der Waals surface area contributed by atoms with Gasteiger partial charge in [0.25, 0.3) is 0 Å². The first kappa shape index (κ1) is 11.5. The van der Waals surface area contributed by atoms with Crippen molar-refractivity contribution in [1.29, 1.82) is 0 Å². The SMILES string of the molecule is COC(=O)CN(C(C)C)C1CCCC1. The minimum atomic E-state index is -0.120. The van der Waals surface area contributed by atoms with Crippen molar-refractivity contribution in [2.75, 3.05) is 13.7 Å². The lowest BCUT2D eigenvalue weighted by Crippen LogP contribution is -2.42. The molecule has 1 aliphatic carbocycles. The zero-order valence-electron chi connectivity index (χ0n) is 9.45. The van der Waals surface area contributed by atoms with Crippen LogP contribution in [0, 0.1) is 0 Å². The van der Waals surface area contributed by atoms with Gasteiger partial charge in [-0.2, -0.15) is 0 Å². The first-order valence-electron chi connectivity index (χ1n) is 5.47. The van der Waals surface area contributed by atoms with Gasteiger partial charge in [-0.05, 0) is 26.7 Å². The monoisotopic (exact) mass is 199 g/mol. The Morgan fingerprint density at radius 1 is 1.43 bits per heavy atom. The summed E-state index contributed by atoms with van der Waals surface area (Å²) in [4.78, 5) is 13.5. The topological polar surface area (TPSA) is 29.5 Å². The van der Waals surface area contributed by atoms with E-state index < -0.39 is 0 Å². The number of nitrogens with zero attached hydrogens (tertiary/aromatic N) is 1. The third-order valence-corrected chi connectivity index (χ3v) is 3.00. The molecule has 0 saturated heterocycles. The van der Waals surface area contributed by atoms with Crippen molar-refractivity contribution in [3.05, 3.63) is 0 Å². The number of carbonyl (C=O) groups is 1. The van der Waals surface area contributed by atoms with Crippen LogP contribution in [0.1, 0.15) is 39.5 Å². The highest BCUT2D eigenvalue weighted by Gasteiger charge is 2.26. The molecule has 0 aromatic heterocycles. The van der Waals surface area contributed by atoms with E-state index >= 15 is 0 Å². The molecular weight excluding hydrogens is 178 g/mol. The maximum Gasteiger partial charge on any atom is 0.319 e. The van der Waals surface area contributed by atoms with E-state index in [-0.39, 0.29) is 5.97 Å². The maximum absolute atomic E-state index is 11.2. The first-order valence-corrected chi connectivity index (χ1v) is 5.47. The fourth-order valence-corrected chi connectivity index (χ4v) is 2.18. The number of ether oxygens (including phenoxy) is 1. The van der Waals surface area contributed by atoms with E-state index in [1.807, 2.05) is 0 Å². The van der Waals surface area contributed by atoms with E-state index in [0.29, 0.717) is 18.6 Å². The minimum absolute atomic E-state index is 0.120. The predicted molar refractivity (Wildman–Crippen MR) is 56.1 cm³/mol. The Kier molecular flexibility index (Phi) is 4.39. The van der Waals surface area contributed by atoms with Crippen LogP contribution in [0.5, 0.6) is 0 Å². The summed E-state index contributed by atoms with van der Waals surface area (Å²) in [5.74, 6) is -0.120. The fraction of sp³-hybridized carbons (Fsp3) is 0.909. The molecule has 3 heteroatoms. The largest absolute Gasteiger partial charge is 0.468 e. The first-order chi connectivity index (χ1) is 6.65. The van der Waals surface area contributed by atoms with Crippen molar-refractivity contribution in [1.82, 2.24) is 4.90 Å². The van der Waals surface area contributed by atoms with Crippen molar-refractivity contribution in [3.63, 3.8) is 0 Å². The van der Waals surface area contributed by atoms with E-state index in [9.17, 15) is 4.79 Å². The van der Waals surface area contributed by atoms with Crippen molar-refractivity contribution in [3.8, 4) is 0 Å². The third kappa shape index (κ3) is 2.98. The van der Waals surface area contributed by atoms with Gasteiger partial charge in [-0.15, -0.1) is 0 Å². The summed E-state index contributed by atoms with van der Waals surface area (Å²) in [7, 11) is 1.45. The van der Waals surface area contributed by atoms with Crippen LogP contribution in [0.15, 0.2) is 0 Å². The van der Waals surface area contributed by atoms with E-state index in [4.69, 9.17) is 4.74 Å². The molecule has 0 spiro atoms. The van der Waals surface area contributed by atoms with Crippen LogP contribution in [0.2, 0.25) is 0 Å². The van der Waals surface area contributed by atoms with Crippen molar-refractivity contribution in [2.24, 2.45) is 0 Å². The summed E-state index contributed by atoms with van der Waals surface area (Å²) < 4.78 is 4.71. The number of hydrogen-bond acceptors (Lipinski definition) is 3. The Bertz CT molecular complexity index is 186. The van der Waals surface area contributed by atoms with Crippen molar-refractivity contribution in [2.45, 2.75) is 51.6 Å². The van der Waals surface area contributed by atoms with Gasteiger partial charge in [0, 0.05) is 12.1 Å². The van der Waals surface area contributed by atoms with Crippen LogP contribution >= 0.6 is 0 Å². The zero-order chi connectivity index (χ0) is 10.6. The molecule has 0 heterocycles. The van der Waals surface area contributed by atoms with Crippen LogP contribution in [0.3, 0.4) is 0 Å². The summed E-state index contributed by atoms with van der Waals surface area (Å²) in [6.07, 6.45) is 5.06. The highest BCUT2D eigenvalue weighted by molar-refractivity contribution is 5.71. The Morgan fingerprint density at radius 3 is 2.43 bits per heavy atom. The number of rotatable bonds is 4. The molecule has 82 valence electrons. The molecule has 0 aromatic carbocycles. The van der Waals surface area contributed by atoms with Gasteiger partial charge in [-0.25, -0.2) is 0 Å². The van der Waals surface area contributed by atoms with Crippen molar-refractivity contribution < 1.29 is 9.53 Å². The van der Waals surface area contributed by atoms with Gasteiger partial charge in [0.05, 0.1) is 13.7 Å². The van der Waals surface area contributed by atoms with Crippen molar-refractivity contribution >= 4 is 5.97 Å². The summed E-state index contributed by atoms with van der Waals surface area (Å²) in [5.41, 5.74) is 0. The molecular formula is C11H21NO2. The average molecular weight is 199 g/mol. The molecule has 3 nitrogen and oxygen atoms in total. The molecule has 1 saturated carbocycles. The number of esters is 1. The Balaban J connectivity index is 2.49. The molecule has 0 aliphatic heterocycles. The van der Waals surface area contributed by atoms with Crippen LogP contribution in [0.4, 0.5) is 0 Å². The van der Waals surface area contributed by atoms with E-state index in [1.165, 1.54) is 32.8 Å². The van der Waals surface area contributed by atoms with Gasteiger partial charge in [0.2, 0.25) is 0 Å². The molecule has 0 amide bonds. The van der Waals surface area contributed by atoms with Gasteiger partial charge in [-0.1, -0.05) is 12.8 Å². The predicted octanol–water partition coefficient (Wildman–Crippen LogP) is 1.81. The molecule has 0 atom stereocenters. The summed E-state index contributed by atoms with van der Waals surface area (Å²) in [6, 6.07) is 1.02. The molecule has 0 bridgehead atoms. The lowest BCUT2D eigenvalue weighted by atomic mass is 10.1. The second-order valence-corrected chi connectivity index (χ2v) is 4.28. The van der Waals surface area contributed by atoms with Gasteiger partial charge >= 0.3 is 5.97 Å². The molecule has 0 unspecified atom stereocenters. The molecule has 14 heavy (non-hydrogen) atoms.